The highest BCUT2D eigenvalue weighted by molar-refractivity contribution is 5.84. The van der Waals surface area contributed by atoms with Crippen LogP contribution in [0.15, 0.2) is 0 Å². The number of carbonyl (C=O) groups is 2. The fraction of sp³-hybridized carbons (Fsp3) is 0.833. The second-order valence-corrected chi connectivity index (χ2v) is 5.26. The van der Waals surface area contributed by atoms with Crippen molar-refractivity contribution < 1.29 is 14.3 Å². The summed E-state index contributed by atoms with van der Waals surface area (Å²) in [7, 11) is 0. The third kappa shape index (κ3) is 1.70. The Morgan fingerprint density at radius 2 is 1.94 bits per heavy atom. The zero-order chi connectivity index (χ0) is 12.6. The predicted molar refractivity (Wildman–Crippen MR) is 60.4 cm³/mol. The number of hydrogen-bond acceptors (Lipinski definition) is 3. The molecule has 2 N–H and O–H groups in total. The van der Waals surface area contributed by atoms with Crippen LogP contribution in [0.1, 0.15) is 40.5 Å². The minimum Gasteiger partial charge on any atom is -0.466 e. The zero-order valence-electron chi connectivity index (χ0n) is 10.5. The molecule has 0 aromatic carbocycles. The van der Waals surface area contributed by atoms with Crippen molar-refractivity contribution in [2.75, 3.05) is 6.61 Å². The third-order valence-corrected chi connectivity index (χ3v) is 4.34. The van der Waals surface area contributed by atoms with Crippen molar-refractivity contribution in [3.05, 3.63) is 0 Å². The van der Waals surface area contributed by atoms with Gasteiger partial charge in [-0.25, -0.2) is 0 Å². The van der Waals surface area contributed by atoms with Gasteiger partial charge in [0.25, 0.3) is 0 Å². The van der Waals surface area contributed by atoms with Gasteiger partial charge in [-0.3, -0.25) is 9.59 Å². The summed E-state index contributed by atoms with van der Waals surface area (Å²) >= 11 is 0. The molecule has 1 saturated carbocycles. The summed E-state index contributed by atoms with van der Waals surface area (Å²) in [4.78, 5) is 23.3. The van der Waals surface area contributed by atoms with Gasteiger partial charge in [0.15, 0.2) is 0 Å². The van der Waals surface area contributed by atoms with Crippen molar-refractivity contribution in [1.82, 2.24) is 0 Å². The number of primary amides is 1. The Morgan fingerprint density at radius 1 is 1.38 bits per heavy atom. The fourth-order valence-electron chi connectivity index (χ4n) is 2.60. The first kappa shape index (κ1) is 13.0. The van der Waals surface area contributed by atoms with Crippen molar-refractivity contribution in [3.8, 4) is 0 Å². The number of carbonyl (C=O) groups excluding carboxylic acids is 2. The first-order valence-corrected chi connectivity index (χ1v) is 5.74. The van der Waals surface area contributed by atoms with E-state index in [1.165, 1.54) is 0 Å². The average molecular weight is 227 g/mol. The largest absolute Gasteiger partial charge is 0.466 e. The molecule has 0 bridgehead atoms. The van der Waals surface area contributed by atoms with Gasteiger partial charge in [0.05, 0.1) is 17.9 Å². The molecule has 1 aliphatic carbocycles. The molecule has 0 aromatic heterocycles. The van der Waals surface area contributed by atoms with Crippen LogP contribution in [0.2, 0.25) is 0 Å². The fourth-order valence-corrected chi connectivity index (χ4v) is 2.60. The van der Waals surface area contributed by atoms with Gasteiger partial charge in [-0.2, -0.15) is 0 Å². The Bertz CT molecular complexity index is 311. The van der Waals surface area contributed by atoms with E-state index in [-0.39, 0.29) is 17.8 Å². The molecule has 1 amide bonds. The maximum atomic E-state index is 11.8. The SMILES string of the molecule is CCOC(=O)C1CCC(C)(C(N)=O)C1(C)C. The van der Waals surface area contributed by atoms with E-state index in [2.05, 4.69) is 0 Å². The van der Waals surface area contributed by atoms with Crippen molar-refractivity contribution in [1.29, 1.82) is 0 Å². The summed E-state index contributed by atoms with van der Waals surface area (Å²) in [5, 5.41) is 0. The quantitative estimate of drug-likeness (QED) is 0.742. The van der Waals surface area contributed by atoms with Crippen LogP contribution in [0.4, 0.5) is 0 Å². The molecule has 2 atom stereocenters. The lowest BCUT2D eigenvalue weighted by atomic mass is 9.65. The number of nitrogens with two attached hydrogens (primary N) is 1. The summed E-state index contributed by atoms with van der Waals surface area (Å²) in [6.45, 7) is 7.85. The van der Waals surface area contributed by atoms with E-state index < -0.39 is 10.8 Å². The molecule has 16 heavy (non-hydrogen) atoms. The minimum atomic E-state index is -0.621. The van der Waals surface area contributed by atoms with Gasteiger partial charge in [0.1, 0.15) is 0 Å². The predicted octanol–water partition coefficient (Wildman–Crippen LogP) is 1.48. The van der Waals surface area contributed by atoms with Crippen LogP contribution in [-0.4, -0.2) is 18.5 Å². The molecule has 1 fully saturated rings. The van der Waals surface area contributed by atoms with E-state index in [4.69, 9.17) is 10.5 Å². The van der Waals surface area contributed by atoms with Crippen LogP contribution in [0.5, 0.6) is 0 Å². The molecule has 1 rings (SSSR count). The Labute approximate surface area is 96.5 Å². The number of rotatable bonds is 3. The Balaban J connectivity index is 2.96. The van der Waals surface area contributed by atoms with Crippen LogP contribution < -0.4 is 5.73 Å². The van der Waals surface area contributed by atoms with Gasteiger partial charge < -0.3 is 10.5 Å². The summed E-state index contributed by atoms with van der Waals surface area (Å²) in [5.74, 6) is -0.772. The average Bonchev–Trinajstić information content (AvgIpc) is 2.40. The lowest BCUT2D eigenvalue weighted by Gasteiger charge is -2.38. The van der Waals surface area contributed by atoms with Crippen molar-refractivity contribution >= 4 is 11.9 Å². The second-order valence-electron chi connectivity index (χ2n) is 5.26. The van der Waals surface area contributed by atoms with E-state index in [9.17, 15) is 9.59 Å². The van der Waals surface area contributed by atoms with Crippen molar-refractivity contribution in [3.63, 3.8) is 0 Å². The van der Waals surface area contributed by atoms with Gasteiger partial charge in [-0.05, 0) is 25.2 Å². The molecule has 4 heteroatoms. The van der Waals surface area contributed by atoms with E-state index in [0.29, 0.717) is 19.4 Å². The number of amides is 1. The van der Waals surface area contributed by atoms with Gasteiger partial charge in [-0.15, -0.1) is 0 Å². The second kappa shape index (κ2) is 4.07. The summed E-state index contributed by atoms with van der Waals surface area (Å²) < 4.78 is 5.04. The number of hydrogen-bond donors (Lipinski definition) is 1. The normalized spacial score (nSPS) is 32.4. The third-order valence-electron chi connectivity index (χ3n) is 4.34. The lowest BCUT2D eigenvalue weighted by molar-refractivity contribution is -0.153. The van der Waals surface area contributed by atoms with Gasteiger partial charge in [-0.1, -0.05) is 20.8 Å². The van der Waals surface area contributed by atoms with Crippen LogP contribution in [-0.2, 0) is 14.3 Å². The zero-order valence-corrected chi connectivity index (χ0v) is 10.5. The number of esters is 1. The molecule has 0 aromatic rings. The first-order valence-electron chi connectivity index (χ1n) is 5.74. The topological polar surface area (TPSA) is 69.4 Å². The molecule has 0 heterocycles. The Hall–Kier alpha value is -1.06. The maximum absolute atomic E-state index is 11.8. The summed E-state index contributed by atoms with van der Waals surface area (Å²) in [6, 6.07) is 0. The van der Waals surface area contributed by atoms with E-state index in [1.54, 1.807) is 6.92 Å². The van der Waals surface area contributed by atoms with Gasteiger partial charge in [0.2, 0.25) is 5.91 Å². The molecule has 1 aliphatic rings. The van der Waals surface area contributed by atoms with Crippen LogP contribution in [0.3, 0.4) is 0 Å². The van der Waals surface area contributed by atoms with Gasteiger partial charge in [0, 0.05) is 0 Å². The highest BCUT2D eigenvalue weighted by atomic mass is 16.5. The molecular weight excluding hydrogens is 206 g/mol. The molecule has 2 unspecified atom stereocenters. The molecular formula is C12H21NO3. The smallest absolute Gasteiger partial charge is 0.309 e. The Morgan fingerprint density at radius 3 is 2.31 bits per heavy atom. The molecule has 4 nitrogen and oxygen atoms in total. The number of ether oxygens (including phenoxy) is 1. The van der Waals surface area contributed by atoms with Crippen LogP contribution in [0.25, 0.3) is 0 Å². The highest BCUT2D eigenvalue weighted by Crippen LogP contribution is 2.56. The lowest BCUT2D eigenvalue weighted by Crippen LogP contribution is -2.46. The molecule has 92 valence electrons. The maximum Gasteiger partial charge on any atom is 0.309 e. The molecule has 0 saturated heterocycles. The van der Waals surface area contributed by atoms with Crippen LogP contribution >= 0.6 is 0 Å². The molecule has 0 aliphatic heterocycles. The minimum absolute atomic E-state index is 0.211. The van der Waals surface area contributed by atoms with E-state index in [0.717, 1.165) is 0 Å². The van der Waals surface area contributed by atoms with Crippen molar-refractivity contribution in [2.24, 2.45) is 22.5 Å². The Kier molecular flexibility index (Phi) is 3.31. The standard InChI is InChI=1S/C12H21NO3/c1-5-16-9(14)8-6-7-12(4,10(13)15)11(8,2)3/h8H,5-7H2,1-4H3,(H2,13,15). The monoisotopic (exact) mass is 227 g/mol. The molecule has 0 spiro atoms. The van der Waals surface area contributed by atoms with Crippen molar-refractivity contribution in [2.45, 2.75) is 40.5 Å². The van der Waals surface area contributed by atoms with E-state index >= 15 is 0 Å². The summed E-state index contributed by atoms with van der Waals surface area (Å²) in [6.07, 6.45) is 1.32. The van der Waals surface area contributed by atoms with Gasteiger partial charge >= 0.3 is 5.97 Å². The van der Waals surface area contributed by atoms with Crippen LogP contribution in [0, 0.1) is 16.7 Å². The first-order chi connectivity index (χ1) is 7.27. The molecule has 0 radical (unpaired) electrons. The summed E-state index contributed by atoms with van der Waals surface area (Å²) in [5.41, 5.74) is 4.39. The van der Waals surface area contributed by atoms with E-state index in [1.807, 2.05) is 20.8 Å². The highest BCUT2D eigenvalue weighted by Gasteiger charge is 2.57.